The summed E-state index contributed by atoms with van der Waals surface area (Å²) < 4.78 is 0. The van der Waals surface area contributed by atoms with Crippen LogP contribution in [0.15, 0.2) is 0 Å². The van der Waals surface area contributed by atoms with Crippen LogP contribution in [0, 0.1) is 0 Å². The second kappa shape index (κ2) is 3.69. The van der Waals surface area contributed by atoms with Gasteiger partial charge in [-0.05, 0) is 6.92 Å². The summed E-state index contributed by atoms with van der Waals surface area (Å²) in [4.78, 5) is 15.9. The molecular formula is C7H14N2O2. The third-order valence-corrected chi connectivity index (χ3v) is 1.64. The second-order valence-electron chi connectivity index (χ2n) is 2.76. The van der Waals surface area contributed by atoms with Gasteiger partial charge in [0.2, 0.25) is 5.91 Å². The molecule has 0 radical (unpaired) electrons. The maximum atomic E-state index is 10.9. The van der Waals surface area contributed by atoms with E-state index in [1.165, 1.54) is 0 Å². The number of nitrogens with one attached hydrogen (secondary N) is 2. The first-order valence-electron chi connectivity index (χ1n) is 3.93. The third kappa shape index (κ3) is 2.48. The van der Waals surface area contributed by atoms with Crippen molar-refractivity contribution in [2.24, 2.45) is 0 Å². The van der Waals surface area contributed by atoms with E-state index in [-0.39, 0.29) is 18.2 Å². The lowest BCUT2D eigenvalue weighted by Gasteiger charge is -2.08. The summed E-state index contributed by atoms with van der Waals surface area (Å²) in [5, 5.41) is 2.78. The Hall–Kier alpha value is -0.610. The lowest BCUT2D eigenvalue weighted by molar-refractivity contribution is -0.122. The fourth-order valence-electron chi connectivity index (χ4n) is 1.01. The van der Waals surface area contributed by atoms with Gasteiger partial charge in [-0.1, -0.05) is 6.92 Å². The van der Waals surface area contributed by atoms with Crippen molar-refractivity contribution in [1.82, 2.24) is 10.8 Å². The molecule has 11 heavy (non-hydrogen) atoms. The van der Waals surface area contributed by atoms with Gasteiger partial charge in [0, 0.05) is 12.8 Å². The van der Waals surface area contributed by atoms with Crippen LogP contribution in [0.2, 0.25) is 0 Å². The van der Waals surface area contributed by atoms with Crippen LogP contribution in [-0.4, -0.2) is 18.2 Å². The molecule has 0 aromatic carbocycles. The van der Waals surface area contributed by atoms with Gasteiger partial charge in [0.1, 0.15) is 6.17 Å². The topological polar surface area (TPSA) is 50.4 Å². The van der Waals surface area contributed by atoms with Crippen LogP contribution in [0.1, 0.15) is 26.7 Å². The molecule has 0 saturated carbocycles. The summed E-state index contributed by atoms with van der Waals surface area (Å²) in [5.41, 5.74) is 2.74. The van der Waals surface area contributed by atoms with Gasteiger partial charge in [0.25, 0.3) is 0 Å². The maximum absolute atomic E-state index is 10.9. The van der Waals surface area contributed by atoms with E-state index in [0.717, 1.165) is 6.42 Å². The van der Waals surface area contributed by atoms with Crippen molar-refractivity contribution >= 4 is 5.91 Å². The summed E-state index contributed by atoms with van der Waals surface area (Å²) in [6.07, 6.45) is 1.55. The van der Waals surface area contributed by atoms with Crippen molar-refractivity contribution in [3.63, 3.8) is 0 Å². The Bertz CT molecular complexity index is 149. The van der Waals surface area contributed by atoms with Gasteiger partial charge < -0.3 is 5.32 Å². The van der Waals surface area contributed by atoms with Crippen LogP contribution in [0.4, 0.5) is 0 Å². The molecular weight excluding hydrogens is 144 g/mol. The fourth-order valence-corrected chi connectivity index (χ4v) is 1.01. The minimum absolute atomic E-state index is 0.00236. The van der Waals surface area contributed by atoms with Gasteiger partial charge in [0.05, 0.1) is 6.10 Å². The van der Waals surface area contributed by atoms with Crippen LogP contribution in [0.25, 0.3) is 0 Å². The van der Waals surface area contributed by atoms with Crippen LogP contribution in [0.5, 0.6) is 0 Å². The van der Waals surface area contributed by atoms with Crippen LogP contribution >= 0.6 is 0 Å². The molecule has 2 atom stereocenters. The highest BCUT2D eigenvalue weighted by Crippen LogP contribution is 2.06. The lowest BCUT2D eigenvalue weighted by atomic mass is 10.2. The number of rotatable bonds is 2. The van der Waals surface area contributed by atoms with Crippen molar-refractivity contribution in [3.05, 3.63) is 0 Å². The Kier molecular flexibility index (Phi) is 2.84. The van der Waals surface area contributed by atoms with E-state index in [1.54, 1.807) is 0 Å². The minimum Gasteiger partial charge on any atom is -0.339 e. The highest BCUT2D eigenvalue weighted by Gasteiger charge is 2.22. The Morgan fingerprint density at radius 3 is 3.00 bits per heavy atom. The number of amides is 1. The first-order valence-corrected chi connectivity index (χ1v) is 3.93. The van der Waals surface area contributed by atoms with E-state index in [4.69, 9.17) is 4.84 Å². The summed E-state index contributed by atoms with van der Waals surface area (Å²) in [7, 11) is 0. The summed E-state index contributed by atoms with van der Waals surface area (Å²) >= 11 is 0. The van der Waals surface area contributed by atoms with Crippen molar-refractivity contribution in [2.45, 2.75) is 39.0 Å². The molecule has 4 heteroatoms. The Balaban J connectivity index is 2.23. The van der Waals surface area contributed by atoms with E-state index in [1.807, 2.05) is 13.8 Å². The molecule has 1 rings (SSSR count). The predicted molar refractivity (Wildman–Crippen MR) is 40.5 cm³/mol. The molecule has 64 valence electrons. The first kappa shape index (κ1) is 8.49. The van der Waals surface area contributed by atoms with Gasteiger partial charge in [0.15, 0.2) is 0 Å². The molecule has 1 fully saturated rings. The molecule has 0 bridgehead atoms. The maximum Gasteiger partial charge on any atom is 0.220 e. The molecule has 1 heterocycles. The van der Waals surface area contributed by atoms with Gasteiger partial charge in [-0.2, -0.15) is 5.48 Å². The number of hydrogen-bond acceptors (Lipinski definition) is 3. The van der Waals surface area contributed by atoms with E-state index >= 15 is 0 Å². The molecule has 1 aliphatic rings. The fraction of sp³-hybridized carbons (Fsp3) is 0.857. The zero-order chi connectivity index (χ0) is 8.27. The van der Waals surface area contributed by atoms with Gasteiger partial charge >= 0.3 is 0 Å². The van der Waals surface area contributed by atoms with E-state index in [2.05, 4.69) is 10.8 Å². The summed E-state index contributed by atoms with van der Waals surface area (Å²) in [5.74, 6) is 0.0557. The zero-order valence-electron chi connectivity index (χ0n) is 6.89. The molecule has 0 aromatic heterocycles. The first-order chi connectivity index (χ1) is 5.22. The average Bonchev–Trinajstić information content (AvgIpc) is 2.35. The number of hydroxylamine groups is 1. The van der Waals surface area contributed by atoms with E-state index < -0.39 is 0 Å². The normalized spacial score (nSPS) is 30.4. The highest BCUT2D eigenvalue weighted by molar-refractivity contribution is 5.75. The summed E-state index contributed by atoms with van der Waals surface area (Å²) in [6, 6.07) is 0. The Morgan fingerprint density at radius 2 is 2.55 bits per heavy atom. The quantitative estimate of drug-likeness (QED) is 0.601. The van der Waals surface area contributed by atoms with Crippen LogP contribution in [-0.2, 0) is 9.63 Å². The van der Waals surface area contributed by atoms with Gasteiger partial charge in [-0.15, -0.1) is 0 Å². The van der Waals surface area contributed by atoms with Gasteiger partial charge in [-0.25, -0.2) is 0 Å². The van der Waals surface area contributed by atoms with Crippen molar-refractivity contribution in [2.75, 3.05) is 0 Å². The highest BCUT2D eigenvalue weighted by atomic mass is 16.7. The predicted octanol–water partition coefficient (Wildman–Crippen LogP) is 0.152. The van der Waals surface area contributed by atoms with E-state index in [9.17, 15) is 4.79 Å². The minimum atomic E-state index is -0.00236. The molecule has 4 nitrogen and oxygen atoms in total. The number of hydrogen-bond donors (Lipinski definition) is 2. The lowest BCUT2D eigenvalue weighted by Crippen LogP contribution is -2.40. The average molecular weight is 158 g/mol. The molecule has 0 aliphatic carbocycles. The monoisotopic (exact) mass is 158 g/mol. The molecule has 1 saturated heterocycles. The molecule has 2 N–H and O–H groups in total. The SMILES string of the molecule is CCC(=O)NC1CC(C)ON1. The summed E-state index contributed by atoms with van der Waals surface area (Å²) in [6.45, 7) is 3.79. The largest absolute Gasteiger partial charge is 0.339 e. The molecule has 1 aliphatic heterocycles. The molecule has 0 aromatic rings. The smallest absolute Gasteiger partial charge is 0.220 e. The zero-order valence-corrected chi connectivity index (χ0v) is 6.89. The third-order valence-electron chi connectivity index (χ3n) is 1.64. The van der Waals surface area contributed by atoms with Crippen LogP contribution < -0.4 is 10.8 Å². The molecule has 1 amide bonds. The Labute approximate surface area is 66.3 Å². The van der Waals surface area contributed by atoms with E-state index in [0.29, 0.717) is 6.42 Å². The molecule has 0 spiro atoms. The standard InChI is InChI=1S/C7H14N2O2/c1-3-7(10)8-6-4-5(2)11-9-6/h5-6,9H,3-4H2,1-2H3,(H,8,10). The number of carbonyl (C=O) groups excluding carboxylic acids is 1. The Morgan fingerprint density at radius 1 is 1.82 bits per heavy atom. The second-order valence-corrected chi connectivity index (χ2v) is 2.76. The number of carbonyl (C=O) groups is 1. The molecule has 2 unspecified atom stereocenters. The van der Waals surface area contributed by atoms with Crippen molar-refractivity contribution in [3.8, 4) is 0 Å². The van der Waals surface area contributed by atoms with Crippen molar-refractivity contribution < 1.29 is 9.63 Å². The van der Waals surface area contributed by atoms with Crippen molar-refractivity contribution in [1.29, 1.82) is 0 Å². The van der Waals surface area contributed by atoms with Gasteiger partial charge in [-0.3, -0.25) is 9.63 Å². The van der Waals surface area contributed by atoms with Crippen LogP contribution in [0.3, 0.4) is 0 Å².